The molecule has 0 N–H and O–H groups in total. The molecule has 0 aliphatic carbocycles. The van der Waals surface area contributed by atoms with Crippen LogP contribution in [-0.4, -0.2) is 23.8 Å². The van der Waals surface area contributed by atoms with Crippen molar-refractivity contribution in [3.8, 4) is 0 Å². The van der Waals surface area contributed by atoms with Gasteiger partial charge in [-0.2, -0.15) is 0 Å². The van der Waals surface area contributed by atoms with Crippen LogP contribution in [0.25, 0.3) is 6.08 Å². The van der Waals surface area contributed by atoms with Crippen LogP contribution in [0.4, 0.5) is 11.4 Å². The monoisotopic (exact) mass is 370 g/mol. The molecule has 134 valence electrons. The molecule has 1 unspecified atom stereocenters. The zero-order valence-electron chi connectivity index (χ0n) is 14.6. The van der Waals surface area contributed by atoms with Crippen LogP contribution in [0.1, 0.15) is 25.0 Å². The quantitative estimate of drug-likeness (QED) is 0.576. The summed E-state index contributed by atoms with van der Waals surface area (Å²) in [5.41, 5.74) is 2.40. The second kappa shape index (κ2) is 5.83. The third-order valence-corrected chi connectivity index (χ3v) is 5.70. The van der Waals surface area contributed by atoms with E-state index in [1.807, 2.05) is 18.2 Å². The minimum absolute atomic E-state index is 0.0855. The second-order valence-corrected chi connectivity index (χ2v) is 7.60. The Morgan fingerprint density at radius 3 is 2.65 bits per heavy atom. The standard InChI is InChI=1S/C20H19ClN2O3/c1-19(2)17-13-15(21)5-8-18(17)22-11-12-26-20(19,22)10-9-14-3-6-16(7-4-14)23(24)25/h3-10,13H,11-12H2,1-2H3. The summed E-state index contributed by atoms with van der Waals surface area (Å²) in [7, 11) is 0. The maximum atomic E-state index is 10.8. The van der Waals surface area contributed by atoms with Crippen molar-refractivity contribution in [3.63, 3.8) is 0 Å². The van der Waals surface area contributed by atoms with E-state index in [1.54, 1.807) is 12.1 Å². The van der Waals surface area contributed by atoms with Crippen molar-refractivity contribution in [1.29, 1.82) is 0 Å². The van der Waals surface area contributed by atoms with Crippen LogP contribution in [-0.2, 0) is 10.2 Å². The van der Waals surface area contributed by atoms with Crippen molar-refractivity contribution >= 4 is 29.1 Å². The summed E-state index contributed by atoms with van der Waals surface area (Å²) in [6.07, 6.45) is 4.03. The maximum absolute atomic E-state index is 10.8. The van der Waals surface area contributed by atoms with Gasteiger partial charge in [0.25, 0.3) is 5.69 Å². The van der Waals surface area contributed by atoms with Gasteiger partial charge in [0.15, 0.2) is 5.72 Å². The summed E-state index contributed by atoms with van der Waals surface area (Å²) in [4.78, 5) is 12.7. The van der Waals surface area contributed by atoms with E-state index in [2.05, 4.69) is 30.9 Å². The molecule has 0 spiro atoms. The number of ether oxygens (including phenoxy) is 1. The molecule has 26 heavy (non-hydrogen) atoms. The lowest BCUT2D eigenvalue weighted by Crippen LogP contribution is -2.51. The Hall–Kier alpha value is -2.37. The highest BCUT2D eigenvalue weighted by Gasteiger charge is 2.59. The van der Waals surface area contributed by atoms with Gasteiger partial charge in [0.05, 0.1) is 11.5 Å². The summed E-state index contributed by atoms with van der Waals surface area (Å²) in [6, 6.07) is 12.5. The largest absolute Gasteiger partial charge is 0.349 e. The Bertz CT molecular complexity index is 908. The van der Waals surface area contributed by atoms with Gasteiger partial charge in [-0.05, 0) is 47.5 Å². The van der Waals surface area contributed by atoms with Crippen LogP contribution in [0.3, 0.4) is 0 Å². The molecule has 2 aliphatic rings. The van der Waals surface area contributed by atoms with E-state index < -0.39 is 10.6 Å². The molecule has 1 atom stereocenters. The number of nitrogens with zero attached hydrogens (tertiary/aromatic N) is 2. The average Bonchev–Trinajstić information content (AvgIpc) is 3.11. The molecule has 0 bridgehead atoms. The number of nitro groups is 1. The number of non-ortho nitro benzene ring substituents is 1. The topological polar surface area (TPSA) is 55.6 Å². The fourth-order valence-electron chi connectivity index (χ4n) is 4.05. The Morgan fingerprint density at radius 2 is 1.96 bits per heavy atom. The van der Waals surface area contributed by atoms with Gasteiger partial charge in [-0.3, -0.25) is 10.1 Å². The molecule has 2 heterocycles. The van der Waals surface area contributed by atoms with Gasteiger partial charge in [-0.1, -0.05) is 31.5 Å². The van der Waals surface area contributed by atoms with Gasteiger partial charge in [-0.15, -0.1) is 0 Å². The van der Waals surface area contributed by atoms with Crippen molar-refractivity contribution in [2.75, 3.05) is 18.1 Å². The third-order valence-electron chi connectivity index (χ3n) is 5.46. The van der Waals surface area contributed by atoms with Crippen LogP contribution in [0.15, 0.2) is 48.5 Å². The normalized spacial score (nSPS) is 23.3. The van der Waals surface area contributed by atoms with E-state index in [9.17, 15) is 10.1 Å². The summed E-state index contributed by atoms with van der Waals surface area (Å²) >= 11 is 6.23. The minimum Gasteiger partial charge on any atom is -0.349 e. The molecule has 2 aromatic rings. The lowest BCUT2D eigenvalue weighted by atomic mass is 9.77. The van der Waals surface area contributed by atoms with Gasteiger partial charge in [-0.25, -0.2) is 0 Å². The molecule has 1 saturated heterocycles. The molecule has 0 amide bonds. The van der Waals surface area contributed by atoms with Crippen LogP contribution in [0.2, 0.25) is 5.02 Å². The van der Waals surface area contributed by atoms with Crippen LogP contribution < -0.4 is 4.90 Å². The Labute approximate surface area is 157 Å². The predicted molar refractivity (Wildman–Crippen MR) is 103 cm³/mol. The molecule has 0 saturated carbocycles. The summed E-state index contributed by atoms with van der Waals surface area (Å²) < 4.78 is 6.27. The predicted octanol–water partition coefficient (Wildman–Crippen LogP) is 4.79. The van der Waals surface area contributed by atoms with Gasteiger partial charge in [0.1, 0.15) is 0 Å². The van der Waals surface area contributed by atoms with E-state index in [0.717, 1.165) is 23.4 Å². The molecule has 6 heteroatoms. The van der Waals surface area contributed by atoms with Gasteiger partial charge >= 0.3 is 0 Å². The van der Waals surface area contributed by atoms with Crippen molar-refractivity contribution in [3.05, 3.63) is 74.8 Å². The Balaban J connectivity index is 1.74. The van der Waals surface area contributed by atoms with Gasteiger partial charge in [0, 0.05) is 34.8 Å². The van der Waals surface area contributed by atoms with Crippen LogP contribution in [0.5, 0.6) is 0 Å². The zero-order valence-corrected chi connectivity index (χ0v) is 15.4. The Kier molecular flexibility index (Phi) is 3.82. The lowest BCUT2D eigenvalue weighted by Gasteiger charge is -2.39. The highest BCUT2D eigenvalue weighted by molar-refractivity contribution is 6.30. The number of rotatable bonds is 3. The third kappa shape index (κ3) is 2.35. The van der Waals surface area contributed by atoms with Crippen molar-refractivity contribution in [2.45, 2.75) is 25.0 Å². The number of fused-ring (bicyclic) bond motifs is 3. The highest BCUT2D eigenvalue weighted by Crippen LogP contribution is 2.55. The maximum Gasteiger partial charge on any atom is 0.269 e. The molecular weight excluding hydrogens is 352 g/mol. The molecular formula is C20H19ClN2O3. The molecule has 1 fully saturated rings. The molecule has 2 aromatic carbocycles. The molecule has 0 radical (unpaired) electrons. The van der Waals surface area contributed by atoms with Crippen molar-refractivity contribution in [2.24, 2.45) is 0 Å². The van der Waals surface area contributed by atoms with E-state index in [4.69, 9.17) is 16.3 Å². The summed E-state index contributed by atoms with van der Waals surface area (Å²) in [5.74, 6) is 0. The molecule has 4 rings (SSSR count). The summed E-state index contributed by atoms with van der Waals surface area (Å²) in [5, 5.41) is 11.5. The number of benzene rings is 2. The first kappa shape index (κ1) is 17.1. The lowest BCUT2D eigenvalue weighted by molar-refractivity contribution is -0.384. The fourth-order valence-corrected chi connectivity index (χ4v) is 4.23. The first-order chi connectivity index (χ1) is 12.3. The number of anilines is 1. The number of nitro benzene ring substituents is 1. The average molecular weight is 371 g/mol. The first-order valence-corrected chi connectivity index (χ1v) is 8.88. The van der Waals surface area contributed by atoms with E-state index in [-0.39, 0.29) is 11.1 Å². The minimum atomic E-state index is -0.595. The van der Waals surface area contributed by atoms with E-state index >= 15 is 0 Å². The first-order valence-electron chi connectivity index (χ1n) is 8.50. The molecule has 5 nitrogen and oxygen atoms in total. The Morgan fingerprint density at radius 1 is 1.23 bits per heavy atom. The molecule has 2 aliphatic heterocycles. The second-order valence-electron chi connectivity index (χ2n) is 7.16. The number of hydrogen-bond acceptors (Lipinski definition) is 4. The SMILES string of the molecule is CC1(C)c2cc(Cl)ccc2N2CCOC21C=Cc1ccc([N+](=O)[O-])cc1. The summed E-state index contributed by atoms with van der Waals surface area (Å²) in [6.45, 7) is 5.78. The highest BCUT2D eigenvalue weighted by atomic mass is 35.5. The smallest absolute Gasteiger partial charge is 0.269 e. The van der Waals surface area contributed by atoms with Crippen molar-refractivity contribution in [1.82, 2.24) is 0 Å². The van der Waals surface area contributed by atoms with Gasteiger partial charge < -0.3 is 9.64 Å². The molecule has 0 aromatic heterocycles. The van der Waals surface area contributed by atoms with Crippen LogP contribution >= 0.6 is 11.6 Å². The number of halogens is 1. The van der Waals surface area contributed by atoms with E-state index in [1.165, 1.54) is 12.1 Å². The number of hydrogen-bond donors (Lipinski definition) is 0. The van der Waals surface area contributed by atoms with Gasteiger partial charge in [0.2, 0.25) is 0 Å². The van der Waals surface area contributed by atoms with Crippen molar-refractivity contribution < 1.29 is 9.66 Å². The zero-order chi connectivity index (χ0) is 18.5. The van der Waals surface area contributed by atoms with E-state index in [0.29, 0.717) is 11.6 Å². The fraction of sp³-hybridized carbons (Fsp3) is 0.300. The van der Waals surface area contributed by atoms with Crippen LogP contribution in [0, 0.1) is 10.1 Å².